The number of urea groups is 1. The summed E-state index contributed by atoms with van der Waals surface area (Å²) in [6.07, 6.45) is 4.81. The van der Waals surface area contributed by atoms with Crippen LogP contribution in [0.5, 0.6) is 0 Å². The fourth-order valence-corrected chi connectivity index (χ4v) is 4.99. The standard InChI is InChI=1S/C18H22N8O3S/c1-19-17(27)14-12(9-13(24-25-14)23-18(28)26-7-3-4-8-26)22-16-15-11(5-6-20-16)10-21-30(15,2)29/h5-6,9H,3-4,7-8,10H2,1-2H3,(H,19,27)(H2,20,22,23,24,28)/i1D3. The second kappa shape index (κ2) is 7.86. The van der Waals surface area contributed by atoms with Crippen LogP contribution in [-0.4, -0.2) is 62.5 Å². The molecule has 4 heterocycles. The number of pyridine rings is 1. The molecule has 0 aromatic carbocycles. The van der Waals surface area contributed by atoms with Gasteiger partial charge >= 0.3 is 6.03 Å². The van der Waals surface area contributed by atoms with Crippen molar-refractivity contribution in [2.45, 2.75) is 24.3 Å². The van der Waals surface area contributed by atoms with E-state index in [0.717, 1.165) is 18.4 Å². The van der Waals surface area contributed by atoms with E-state index in [2.05, 4.69) is 30.2 Å². The zero-order valence-electron chi connectivity index (χ0n) is 19.1. The Morgan fingerprint density at radius 1 is 1.27 bits per heavy atom. The average molecular weight is 434 g/mol. The van der Waals surface area contributed by atoms with E-state index in [4.69, 9.17) is 4.11 Å². The highest BCUT2D eigenvalue weighted by atomic mass is 32.2. The molecule has 0 saturated carbocycles. The van der Waals surface area contributed by atoms with Gasteiger partial charge in [0.05, 0.1) is 26.9 Å². The molecular formula is C18H22N8O3S. The molecule has 1 saturated heterocycles. The highest BCUT2D eigenvalue weighted by Crippen LogP contribution is 2.33. The molecule has 1 fully saturated rings. The number of nitrogens with one attached hydrogen (secondary N) is 3. The van der Waals surface area contributed by atoms with E-state index in [0.29, 0.717) is 18.0 Å². The minimum absolute atomic E-state index is 0.0338. The third kappa shape index (κ3) is 3.77. The summed E-state index contributed by atoms with van der Waals surface area (Å²) in [6.45, 7) is -1.24. The molecule has 3 amide bonds. The molecular weight excluding hydrogens is 408 g/mol. The predicted octanol–water partition coefficient (Wildman–Crippen LogP) is 1.57. The van der Waals surface area contributed by atoms with Gasteiger partial charge in [-0.05, 0) is 24.5 Å². The zero-order chi connectivity index (χ0) is 23.8. The maximum absolute atomic E-state index is 12.9. The van der Waals surface area contributed by atoms with Crippen molar-refractivity contribution in [2.24, 2.45) is 4.36 Å². The molecule has 12 heteroatoms. The van der Waals surface area contributed by atoms with Gasteiger partial charge in [0.1, 0.15) is 5.82 Å². The Kier molecular flexibility index (Phi) is 4.33. The molecule has 2 aliphatic rings. The fraction of sp³-hybridized carbons (Fsp3) is 0.389. The van der Waals surface area contributed by atoms with E-state index >= 15 is 0 Å². The first-order valence-corrected chi connectivity index (χ1v) is 11.1. The van der Waals surface area contributed by atoms with Gasteiger partial charge in [0, 0.05) is 42.7 Å². The van der Waals surface area contributed by atoms with Crippen molar-refractivity contribution >= 4 is 39.0 Å². The number of anilines is 3. The molecule has 3 N–H and O–H groups in total. The van der Waals surface area contributed by atoms with Gasteiger partial charge in [-0.1, -0.05) is 0 Å². The van der Waals surface area contributed by atoms with Crippen LogP contribution in [0.1, 0.15) is 33.0 Å². The van der Waals surface area contributed by atoms with Gasteiger partial charge in [0.2, 0.25) is 0 Å². The Labute approximate surface area is 178 Å². The summed E-state index contributed by atoms with van der Waals surface area (Å²) in [7, 11) is -2.71. The number of hydrogen-bond acceptors (Lipinski definition) is 8. The van der Waals surface area contributed by atoms with Crippen LogP contribution in [-0.2, 0) is 16.3 Å². The molecule has 0 radical (unpaired) electrons. The number of aromatic nitrogens is 3. The van der Waals surface area contributed by atoms with Crippen molar-refractivity contribution in [1.82, 2.24) is 25.4 Å². The van der Waals surface area contributed by atoms with Gasteiger partial charge < -0.3 is 15.5 Å². The minimum atomic E-state index is -2.75. The first kappa shape index (κ1) is 16.5. The number of rotatable bonds is 4. The van der Waals surface area contributed by atoms with Gasteiger partial charge in [0.25, 0.3) is 5.91 Å². The maximum atomic E-state index is 12.9. The number of hydrogen-bond donors (Lipinski definition) is 3. The number of carbonyl (C=O) groups is 2. The fourth-order valence-electron chi connectivity index (χ4n) is 3.39. The average Bonchev–Trinajstić information content (AvgIpc) is 3.36. The Hall–Kier alpha value is -3.28. The summed E-state index contributed by atoms with van der Waals surface area (Å²) in [6, 6.07) is 2.69. The molecule has 0 aliphatic carbocycles. The third-order valence-corrected chi connectivity index (χ3v) is 6.68. The van der Waals surface area contributed by atoms with E-state index in [1.165, 1.54) is 18.5 Å². The summed E-state index contributed by atoms with van der Waals surface area (Å²) in [5.74, 6) is -0.764. The maximum Gasteiger partial charge on any atom is 0.323 e. The van der Waals surface area contributed by atoms with Gasteiger partial charge in [-0.3, -0.25) is 10.1 Å². The lowest BCUT2D eigenvalue weighted by molar-refractivity contribution is 0.0958. The molecule has 2 aromatic rings. The monoisotopic (exact) mass is 433 g/mol. The van der Waals surface area contributed by atoms with Crippen molar-refractivity contribution in [3.63, 3.8) is 0 Å². The molecule has 0 spiro atoms. The zero-order valence-corrected chi connectivity index (χ0v) is 17.0. The lowest BCUT2D eigenvalue weighted by atomic mass is 10.2. The van der Waals surface area contributed by atoms with Crippen molar-refractivity contribution in [3.8, 4) is 0 Å². The molecule has 1 unspecified atom stereocenters. The number of carbonyl (C=O) groups excluding carboxylic acids is 2. The lowest BCUT2D eigenvalue weighted by Crippen LogP contribution is -2.32. The first-order valence-electron chi connectivity index (χ1n) is 10.7. The minimum Gasteiger partial charge on any atom is -0.354 e. The van der Waals surface area contributed by atoms with Crippen LogP contribution in [0.4, 0.5) is 22.1 Å². The number of fused-ring (bicyclic) bond motifs is 1. The number of likely N-dealkylation sites (tertiary alicyclic amines) is 1. The molecule has 2 aromatic heterocycles. The molecule has 0 bridgehead atoms. The number of amides is 3. The first-order chi connectivity index (χ1) is 15.5. The number of nitrogens with zero attached hydrogens (tertiary/aromatic N) is 5. The van der Waals surface area contributed by atoms with Crippen molar-refractivity contribution < 1.29 is 17.9 Å². The summed E-state index contributed by atoms with van der Waals surface area (Å²) in [5.41, 5.74) is 0.423. The van der Waals surface area contributed by atoms with Crippen LogP contribution in [0.2, 0.25) is 0 Å². The normalized spacial score (nSPS) is 21.6. The predicted molar refractivity (Wildman–Crippen MR) is 111 cm³/mol. The lowest BCUT2D eigenvalue weighted by Gasteiger charge is -2.17. The summed E-state index contributed by atoms with van der Waals surface area (Å²) >= 11 is 0. The Balaban J connectivity index is 1.70. The summed E-state index contributed by atoms with van der Waals surface area (Å²) < 4.78 is 38.9. The van der Waals surface area contributed by atoms with E-state index in [1.54, 1.807) is 11.0 Å². The quantitative estimate of drug-likeness (QED) is 0.664. The smallest absolute Gasteiger partial charge is 0.323 e. The van der Waals surface area contributed by atoms with Crippen LogP contribution in [0, 0.1) is 0 Å². The van der Waals surface area contributed by atoms with Crippen LogP contribution in [0.3, 0.4) is 0 Å². The Bertz CT molecular complexity index is 1240. The van der Waals surface area contributed by atoms with Gasteiger partial charge in [0.15, 0.2) is 11.5 Å². The van der Waals surface area contributed by atoms with Gasteiger partial charge in [-0.25, -0.2) is 18.4 Å². The van der Waals surface area contributed by atoms with Crippen LogP contribution < -0.4 is 16.0 Å². The third-order valence-electron chi connectivity index (χ3n) is 4.85. The summed E-state index contributed by atoms with van der Waals surface area (Å²) in [5, 5.41) is 15.1. The van der Waals surface area contributed by atoms with Gasteiger partial charge in [-0.2, -0.15) is 0 Å². The molecule has 158 valence electrons. The van der Waals surface area contributed by atoms with E-state index in [-0.39, 0.29) is 35.6 Å². The second-order valence-corrected chi connectivity index (χ2v) is 9.20. The Morgan fingerprint density at radius 3 is 2.83 bits per heavy atom. The van der Waals surface area contributed by atoms with Crippen molar-refractivity contribution in [2.75, 3.05) is 37.0 Å². The largest absolute Gasteiger partial charge is 0.354 e. The SMILES string of the molecule is [2H]C([2H])([2H])NC(=O)c1nnc(NC(=O)N2CCCC2)cc1Nc1nccc2c1S(C)(=O)=NC2. The Morgan fingerprint density at radius 2 is 2.07 bits per heavy atom. The van der Waals surface area contributed by atoms with Crippen LogP contribution in [0.15, 0.2) is 27.6 Å². The van der Waals surface area contributed by atoms with E-state index < -0.39 is 22.6 Å². The van der Waals surface area contributed by atoms with Crippen LogP contribution in [0.25, 0.3) is 0 Å². The van der Waals surface area contributed by atoms with E-state index in [9.17, 15) is 13.8 Å². The molecule has 4 rings (SSSR count). The molecule has 11 nitrogen and oxygen atoms in total. The van der Waals surface area contributed by atoms with E-state index in [1.807, 2.05) is 5.32 Å². The highest BCUT2D eigenvalue weighted by molar-refractivity contribution is 7.93. The highest BCUT2D eigenvalue weighted by Gasteiger charge is 2.25. The second-order valence-electron chi connectivity index (χ2n) is 6.93. The topological polar surface area (TPSA) is 142 Å². The van der Waals surface area contributed by atoms with Crippen molar-refractivity contribution in [3.05, 3.63) is 29.6 Å². The van der Waals surface area contributed by atoms with Crippen LogP contribution >= 0.6 is 0 Å². The molecule has 30 heavy (non-hydrogen) atoms. The molecule has 2 aliphatic heterocycles. The summed E-state index contributed by atoms with van der Waals surface area (Å²) in [4.78, 5) is 31.3. The molecule has 1 atom stereocenters. The van der Waals surface area contributed by atoms with Crippen molar-refractivity contribution in [1.29, 1.82) is 0 Å². The van der Waals surface area contributed by atoms with Gasteiger partial charge in [-0.15, -0.1) is 10.2 Å².